The predicted octanol–water partition coefficient (Wildman–Crippen LogP) is -19.2. The molecule has 0 aliphatic carbocycles. The highest BCUT2D eigenvalue weighted by Crippen LogP contribution is 2.45. The van der Waals surface area contributed by atoms with Crippen LogP contribution in [0.25, 0.3) is 10.4 Å². The number of aliphatic hydroxyl groups excluding tert-OH is 30. The van der Waals surface area contributed by atoms with E-state index in [4.69, 9.17) is 75.8 Å². The van der Waals surface area contributed by atoms with Crippen LogP contribution in [0, 0.1) is 0 Å². The summed E-state index contributed by atoms with van der Waals surface area (Å²) in [5, 5.41) is 334. The first-order chi connectivity index (χ1) is 55.1. The van der Waals surface area contributed by atoms with Gasteiger partial charge in [0, 0.05) is 11.8 Å². The van der Waals surface area contributed by atoms with Crippen LogP contribution < -0.4 is 5.32 Å². The molecule has 50 atom stereocenters. The molecule has 116 heavy (non-hydrogen) atoms. The van der Waals surface area contributed by atoms with Crippen LogP contribution in [0.1, 0.15) is 6.92 Å². The lowest BCUT2D eigenvalue weighted by molar-refractivity contribution is -0.390. The molecule has 10 aliphatic heterocycles. The molecular weight excluding hydrogens is 1650 g/mol. The Morgan fingerprint density at radius 1 is 0.310 bits per heavy atom. The third kappa shape index (κ3) is 20.6. The number of hydrogen-bond donors (Lipinski definition) is 31. The van der Waals surface area contributed by atoms with Crippen molar-refractivity contribution >= 4 is 41.2 Å². The molecule has 10 aliphatic rings. The second kappa shape index (κ2) is 42.3. The zero-order chi connectivity index (χ0) is 85.1. The summed E-state index contributed by atoms with van der Waals surface area (Å²) in [5.41, 5.74) is 4.22. The van der Waals surface area contributed by atoms with Crippen molar-refractivity contribution < 1.29 is 234 Å². The predicted molar refractivity (Wildman–Crippen MR) is 368 cm³/mol. The van der Waals surface area contributed by atoms with E-state index in [0.29, 0.717) is 35.3 Å². The van der Waals surface area contributed by atoms with E-state index < -0.39 is 374 Å². The number of nitrogens with one attached hydrogen (secondary N) is 1. The highest BCUT2D eigenvalue weighted by Gasteiger charge is 2.61. The summed E-state index contributed by atoms with van der Waals surface area (Å²) in [6, 6.07) is -1.75. The van der Waals surface area contributed by atoms with E-state index >= 15 is 0 Å². The van der Waals surface area contributed by atoms with Crippen molar-refractivity contribution in [2.45, 2.75) is 309 Å². The standard InChI is InChI=1S/C62H104N4O47S3/c1-12(75)64-23-33(85)46(20(9-74)100-53(23)65-66-63)110-55-45(97)48(111-56-49(37(89)27(79)13(2-67)101-56)113-59-52(40(92)30(82)16(5-70)104-59)116-62-43(95)36(88)26(78)19(8-73)109-62)32(84)22(106-55)10-98-54-44(96)47(112-58-51(39(91)29(81)15(4-69)103-58)115-61-42(94)35(87)25(77)18(7-72)108-61)31(83)21(105-54)11-99-57-50(38(90)28(80)14(3-68)102-57)114-60-41(93)34(86)24(76)17(6-71)107-60/h13-62,67-74,76-97H,2-11H2,1H3,(H,64,75)/t13-,14?,15-,16-,17?,18-,19-,20?,21?,22?,23-,24+,25+,26+,27+,28+,29+,30+,31+,32+,33+,34-,35?,36?,37?,38-,39?,40?,41?,42?,43?,44?,45?,46?,47-,48-,49?,50?,51?,52?,53?,54-,55-,56+,57-,58+,59+,60+,61+,62+/m0/s1. The van der Waals surface area contributed by atoms with E-state index in [2.05, 4.69) is 15.3 Å². The first kappa shape index (κ1) is 96.2. The number of aliphatic hydroxyl groups is 30. The van der Waals surface area contributed by atoms with Crippen molar-refractivity contribution in [3.8, 4) is 0 Å². The third-order valence-electron chi connectivity index (χ3n) is 21.4. The maximum absolute atomic E-state index is 12.7. The number of thioether (sulfide) groups is 3. The molecule has 0 aromatic rings. The molecule has 672 valence electrons. The lowest BCUT2D eigenvalue weighted by Crippen LogP contribution is -2.69. The van der Waals surface area contributed by atoms with Gasteiger partial charge in [0.1, 0.15) is 218 Å². The summed E-state index contributed by atoms with van der Waals surface area (Å²) >= 11 is 1.09. The van der Waals surface area contributed by atoms with Gasteiger partial charge in [-0.1, -0.05) is 5.11 Å². The van der Waals surface area contributed by atoms with Gasteiger partial charge in [-0.3, -0.25) is 4.79 Å². The third-order valence-corrected chi connectivity index (χ3v) is 25.8. The molecule has 0 spiro atoms. The van der Waals surface area contributed by atoms with E-state index in [-0.39, 0.29) is 0 Å². The van der Waals surface area contributed by atoms with Gasteiger partial charge < -0.3 is 234 Å². The van der Waals surface area contributed by atoms with Gasteiger partial charge >= 0.3 is 0 Å². The van der Waals surface area contributed by atoms with Crippen molar-refractivity contribution in [2.75, 3.05) is 66.1 Å². The van der Waals surface area contributed by atoms with Crippen LogP contribution in [0.5, 0.6) is 0 Å². The number of hydrogen-bond acceptors (Lipinski definition) is 51. The van der Waals surface area contributed by atoms with Crippen LogP contribution >= 0.6 is 35.3 Å². The smallest absolute Gasteiger partial charge is 0.217 e. The molecule has 10 fully saturated rings. The maximum atomic E-state index is 12.7. The zero-order valence-corrected chi connectivity index (χ0v) is 63.3. The number of carbonyl (C=O) groups excluding carboxylic acids is 1. The minimum absolute atomic E-state index is 0.337. The van der Waals surface area contributed by atoms with Crippen LogP contribution in [0.3, 0.4) is 0 Å². The molecule has 0 saturated carbocycles. The quantitative estimate of drug-likeness (QED) is 0.0180. The minimum Gasteiger partial charge on any atom is -0.394 e. The summed E-state index contributed by atoms with van der Waals surface area (Å²) in [6.07, 6.45) is -89.4. The van der Waals surface area contributed by atoms with Crippen molar-refractivity contribution in [2.24, 2.45) is 5.11 Å². The molecule has 0 aromatic heterocycles. The first-order valence-electron chi connectivity index (χ1n) is 36.6. The van der Waals surface area contributed by atoms with E-state index in [0.717, 1.165) is 6.92 Å². The highest BCUT2D eigenvalue weighted by molar-refractivity contribution is 8.01. The van der Waals surface area contributed by atoms with Crippen molar-refractivity contribution in [3.05, 3.63) is 10.4 Å². The molecule has 10 rings (SSSR count). The zero-order valence-electron chi connectivity index (χ0n) is 60.9. The average Bonchev–Trinajstić information content (AvgIpc) is 0.766. The number of amides is 1. The lowest BCUT2D eigenvalue weighted by Gasteiger charge is -2.50. The maximum Gasteiger partial charge on any atom is 0.217 e. The fourth-order valence-corrected chi connectivity index (χ4v) is 19.0. The normalized spacial score (nSPS) is 51.8. The second-order valence-electron chi connectivity index (χ2n) is 29.0. The Morgan fingerprint density at radius 2 is 0.612 bits per heavy atom. The molecule has 0 radical (unpaired) electrons. The molecule has 0 aromatic carbocycles. The summed E-state index contributed by atoms with van der Waals surface area (Å²) in [4.78, 5) is 15.2. The topological polar surface area (TPSA) is 832 Å². The van der Waals surface area contributed by atoms with Gasteiger partial charge in [-0.15, -0.1) is 35.3 Å². The average molecular weight is 1750 g/mol. The Balaban J connectivity index is 1.01. The fourth-order valence-electron chi connectivity index (χ4n) is 14.7. The summed E-state index contributed by atoms with van der Waals surface area (Å²) in [6.45, 7) is -9.76. The Morgan fingerprint density at radius 3 is 1.00 bits per heavy atom. The van der Waals surface area contributed by atoms with Gasteiger partial charge in [0.15, 0.2) is 44.0 Å². The van der Waals surface area contributed by atoms with Crippen LogP contribution in [0.4, 0.5) is 0 Å². The second-order valence-corrected chi connectivity index (χ2v) is 32.9. The summed E-state index contributed by atoms with van der Waals surface area (Å²) < 4.78 is 95.5. The number of carbonyl (C=O) groups is 1. The molecule has 51 nitrogen and oxygen atoms in total. The monoisotopic (exact) mass is 1750 g/mol. The number of nitrogens with zero attached hydrogens (tertiary/aromatic N) is 3. The molecule has 31 N–H and O–H groups in total. The molecule has 54 heteroatoms. The van der Waals surface area contributed by atoms with E-state index in [9.17, 15) is 164 Å². The Hall–Kier alpha value is -2.01. The molecular formula is C62H104N4O47S3. The van der Waals surface area contributed by atoms with Crippen LogP contribution in [0.2, 0.25) is 0 Å². The van der Waals surface area contributed by atoms with Gasteiger partial charge in [-0.05, 0) is 5.53 Å². The lowest BCUT2D eigenvalue weighted by atomic mass is 9.94. The number of ether oxygens (including phenoxy) is 16. The van der Waals surface area contributed by atoms with Gasteiger partial charge in [0.05, 0.1) is 106 Å². The van der Waals surface area contributed by atoms with Crippen molar-refractivity contribution in [3.63, 3.8) is 0 Å². The van der Waals surface area contributed by atoms with E-state index in [1.54, 1.807) is 0 Å². The largest absolute Gasteiger partial charge is 0.394 e. The van der Waals surface area contributed by atoms with Gasteiger partial charge in [0.25, 0.3) is 0 Å². The Labute approximate surface area is 668 Å². The van der Waals surface area contributed by atoms with Crippen LogP contribution in [0.15, 0.2) is 5.11 Å². The van der Waals surface area contributed by atoms with Gasteiger partial charge in [-0.2, -0.15) is 0 Å². The SMILES string of the molecule is CC(=O)N[C@@H]1C(N=[N+]=[N-])OC(CO)C(O[C@@H]2OC(CO[C@H]3OC(CO[C@H]4OC(CO)[C@@H](O)[C@H](O)C4S[C@H]4OC(CO)[C@@H](O)[C@H](O)C4O)[C@@H](O)[C@H](O[C@H]4O[C@@H](CO)[C@@H](O)C(O)C4S[C@H]4O[C@@H](CO)[C@@H](O)C(O)C4O)C3O)[C@@H](O)[C@H](O[C@H]3O[C@@H](CO)[C@@H](O)C(O)C3O[C@H]3O[C@@H](CO)[C@@H](O)C(O)C3S[C@H]3O[C@@H](CO)[C@@H](O)C(O)C3O)C2O)[C@@H]1O. The van der Waals surface area contributed by atoms with Crippen molar-refractivity contribution in [1.29, 1.82) is 0 Å². The van der Waals surface area contributed by atoms with Gasteiger partial charge in [0.2, 0.25) is 5.91 Å². The summed E-state index contributed by atoms with van der Waals surface area (Å²) in [7, 11) is 0. The van der Waals surface area contributed by atoms with Gasteiger partial charge in [-0.25, -0.2) is 0 Å². The number of azide groups is 1. The van der Waals surface area contributed by atoms with E-state index in [1.165, 1.54) is 0 Å². The number of rotatable bonds is 30. The molecule has 10 saturated heterocycles. The van der Waals surface area contributed by atoms with Crippen LogP contribution in [-0.4, -0.2) is 527 Å². The summed E-state index contributed by atoms with van der Waals surface area (Å²) in [5.74, 6) is -0.872. The van der Waals surface area contributed by atoms with E-state index in [1.807, 2.05) is 0 Å². The molecule has 21 unspecified atom stereocenters. The Bertz CT molecular complexity index is 3080. The highest BCUT2D eigenvalue weighted by atomic mass is 32.2. The molecule has 10 heterocycles. The molecule has 1 amide bonds. The first-order valence-corrected chi connectivity index (χ1v) is 39.4. The fraction of sp³-hybridized carbons (Fsp3) is 0.984. The van der Waals surface area contributed by atoms with Crippen molar-refractivity contribution in [1.82, 2.24) is 5.32 Å². The molecule has 0 bridgehead atoms. The minimum atomic E-state index is -2.56. The Kier molecular flexibility index (Phi) is 35.1. The van der Waals surface area contributed by atoms with Crippen LogP contribution in [-0.2, 0) is 80.6 Å².